The van der Waals surface area contributed by atoms with Gasteiger partial charge in [-0.05, 0) is 49.4 Å². The van der Waals surface area contributed by atoms with E-state index in [1.54, 1.807) is 0 Å². The van der Waals surface area contributed by atoms with E-state index in [4.69, 9.17) is 37.0 Å². The molecule has 0 fully saturated rings. The van der Waals surface area contributed by atoms with Gasteiger partial charge in [0.2, 0.25) is 0 Å². The van der Waals surface area contributed by atoms with E-state index >= 15 is 0 Å². The highest BCUT2D eigenvalue weighted by Crippen LogP contribution is 2.45. The Labute approximate surface area is 556 Å². The lowest BCUT2D eigenvalue weighted by Crippen LogP contribution is -2.30. The van der Waals surface area contributed by atoms with E-state index in [9.17, 15) is 43.2 Å². The second kappa shape index (κ2) is 61.6. The van der Waals surface area contributed by atoms with E-state index in [2.05, 4.69) is 55.4 Å². The van der Waals surface area contributed by atoms with Crippen molar-refractivity contribution in [2.45, 2.75) is 375 Å². The molecule has 17 nitrogen and oxygen atoms in total. The van der Waals surface area contributed by atoms with Gasteiger partial charge < -0.3 is 33.8 Å². The number of unbranched alkanes of at least 4 members (excludes halogenated alkanes) is 33. The van der Waals surface area contributed by atoms with Gasteiger partial charge in [-0.15, -0.1) is 0 Å². The van der Waals surface area contributed by atoms with Crippen molar-refractivity contribution >= 4 is 39.5 Å². The molecule has 7 atom stereocenters. The van der Waals surface area contributed by atoms with Crippen LogP contribution in [0.15, 0.2) is 0 Å². The Bertz CT molecular complexity index is 1800. The Hall–Kier alpha value is -1.94. The minimum absolute atomic E-state index is 0.104. The standard InChI is InChI=1S/C72H140O17P2/c1-9-64(7)50-42-34-26-22-23-29-39-47-55-72(77)89-68(59-83-70(75)53-45-37-31-30-35-43-51-65(8)10-2)61-87-91(80,81)85-57-66(73)56-84-90(78,79)86-60-67(88-71(76)54-46-38-28-21-17-13-15-19-25-33-41-49-63(5)6)58-82-69(74)52-44-36-27-20-16-12-11-14-18-24-32-40-48-62(3)4/h62-68,73H,9-61H2,1-8H3,(H,78,79)(H,80,81)/t64?,65?,66-,67-,68-/m1/s1. The number of ether oxygens (including phenoxy) is 4. The zero-order valence-corrected chi connectivity index (χ0v) is 61.3. The number of aliphatic hydroxyl groups excluding tert-OH is 1. The number of aliphatic hydroxyl groups is 1. The Morgan fingerprint density at radius 1 is 0.308 bits per heavy atom. The van der Waals surface area contributed by atoms with Gasteiger partial charge in [-0.2, -0.15) is 0 Å². The topological polar surface area (TPSA) is 237 Å². The molecule has 540 valence electrons. The summed E-state index contributed by atoms with van der Waals surface area (Å²) in [6.45, 7) is 14.1. The summed E-state index contributed by atoms with van der Waals surface area (Å²) in [5.74, 6) is 0.919. The normalized spacial score (nSPS) is 14.8. The number of rotatable bonds is 69. The molecule has 0 saturated carbocycles. The molecule has 0 aliphatic rings. The number of phosphoric ester groups is 2. The molecular formula is C72H140O17P2. The maximum absolute atomic E-state index is 13.0. The van der Waals surface area contributed by atoms with E-state index in [0.29, 0.717) is 25.7 Å². The second-order valence-electron chi connectivity index (χ2n) is 27.4. The van der Waals surface area contributed by atoms with Gasteiger partial charge in [-0.3, -0.25) is 37.3 Å². The van der Waals surface area contributed by atoms with Crippen LogP contribution < -0.4 is 0 Å². The summed E-state index contributed by atoms with van der Waals surface area (Å²) in [7, 11) is -9.91. The van der Waals surface area contributed by atoms with Crippen molar-refractivity contribution in [3.8, 4) is 0 Å². The first-order valence-corrected chi connectivity index (χ1v) is 40.3. The summed E-state index contributed by atoms with van der Waals surface area (Å²) >= 11 is 0. The van der Waals surface area contributed by atoms with Crippen molar-refractivity contribution < 1.29 is 80.2 Å². The van der Waals surface area contributed by atoms with E-state index in [1.165, 1.54) is 154 Å². The maximum atomic E-state index is 13.0. The predicted octanol–water partition coefficient (Wildman–Crippen LogP) is 20.5. The van der Waals surface area contributed by atoms with Gasteiger partial charge in [-0.25, -0.2) is 9.13 Å². The summed E-state index contributed by atoms with van der Waals surface area (Å²) in [5, 5.41) is 10.6. The van der Waals surface area contributed by atoms with Crippen LogP contribution in [0.4, 0.5) is 0 Å². The van der Waals surface area contributed by atoms with Crippen molar-refractivity contribution in [2.75, 3.05) is 39.6 Å². The third kappa shape index (κ3) is 63.9. The third-order valence-electron chi connectivity index (χ3n) is 17.3. The molecule has 0 aliphatic heterocycles. The molecule has 0 aromatic heterocycles. The predicted molar refractivity (Wildman–Crippen MR) is 367 cm³/mol. The quantitative estimate of drug-likeness (QED) is 0.0222. The SMILES string of the molecule is CCC(C)CCCCCCCCCCC(=O)O[C@H](COC(=O)CCCCCCCCC(C)CC)COP(=O)(O)OC[C@H](O)COP(=O)(O)OC[C@@H](COC(=O)CCCCCCCCCCCCCCC(C)C)OC(=O)CCCCCCCCCCCCCC(C)C. The van der Waals surface area contributed by atoms with Crippen LogP contribution in [0.1, 0.15) is 357 Å². The molecule has 0 aromatic rings. The zero-order valence-electron chi connectivity index (χ0n) is 59.5. The van der Waals surface area contributed by atoms with Crippen molar-refractivity contribution in [3.63, 3.8) is 0 Å². The van der Waals surface area contributed by atoms with E-state index in [-0.39, 0.29) is 25.7 Å². The van der Waals surface area contributed by atoms with Gasteiger partial charge in [0.05, 0.1) is 26.4 Å². The fraction of sp³-hybridized carbons (Fsp3) is 0.944. The summed E-state index contributed by atoms with van der Waals surface area (Å²) < 4.78 is 68.4. The molecular weight excluding hydrogens is 1200 g/mol. The Kier molecular flexibility index (Phi) is 60.3. The minimum Gasteiger partial charge on any atom is -0.462 e. The molecule has 0 radical (unpaired) electrons. The summed E-state index contributed by atoms with van der Waals surface area (Å²) in [6, 6.07) is 0. The monoisotopic (exact) mass is 1340 g/mol. The Balaban J connectivity index is 5.27. The van der Waals surface area contributed by atoms with Crippen LogP contribution in [0.2, 0.25) is 0 Å². The van der Waals surface area contributed by atoms with Gasteiger partial charge in [0.15, 0.2) is 12.2 Å². The Morgan fingerprint density at radius 3 is 0.780 bits per heavy atom. The number of carbonyl (C=O) groups excluding carboxylic acids is 4. The summed E-state index contributed by atoms with van der Waals surface area (Å²) in [6.07, 6.45) is 44.4. The number of hydrogen-bond acceptors (Lipinski definition) is 15. The average molecular weight is 1340 g/mol. The van der Waals surface area contributed by atoms with Gasteiger partial charge in [-0.1, -0.05) is 306 Å². The summed E-state index contributed by atoms with van der Waals surface area (Å²) in [4.78, 5) is 72.6. The van der Waals surface area contributed by atoms with Gasteiger partial charge in [0.25, 0.3) is 0 Å². The van der Waals surface area contributed by atoms with Crippen molar-refractivity contribution in [3.05, 3.63) is 0 Å². The molecule has 0 amide bonds. The molecule has 0 rings (SSSR count). The lowest BCUT2D eigenvalue weighted by atomic mass is 9.99. The summed E-state index contributed by atoms with van der Waals surface area (Å²) in [5.41, 5.74) is 0. The van der Waals surface area contributed by atoms with Crippen LogP contribution in [0.5, 0.6) is 0 Å². The number of esters is 4. The first kappa shape index (κ1) is 89.1. The fourth-order valence-corrected chi connectivity index (χ4v) is 12.4. The van der Waals surface area contributed by atoms with E-state index in [0.717, 1.165) is 120 Å². The fourth-order valence-electron chi connectivity index (χ4n) is 10.8. The smallest absolute Gasteiger partial charge is 0.462 e. The molecule has 0 saturated heterocycles. The van der Waals surface area contributed by atoms with Crippen LogP contribution in [0, 0.1) is 23.7 Å². The molecule has 0 bridgehead atoms. The lowest BCUT2D eigenvalue weighted by Gasteiger charge is -2.21. The maximum Gasteiger partial charge on any atom is 0.472 e. The average Bonchev–Trinajstić information content (AvgIpc) is 3.73. The highest BCUT2D eigenvalue weighted by Gasteiger charge is 2.30. The molecule has 0 heterocycles. The number of phosphoric acid groups is 2. The van der Waals surface area contributed by atoms with Crippen LogP contribution in [-0.4, -0.2) is 96.7 Å². The van der Waals surface area contributed by atoms with Crippen LogP contribution in [0.3, 0.4) is 0 Å². The van der Waals surface area contributed by atoms with Gasteiger partial charge in [0.1, 0.15) is 19.3 Å². The zero-order chi connectivity index (χ0) is 67.5. The highest BCUT2D eigenvalue weighted by molar-refractivity contribution is 7.47. The number of hydrogen-bond donors (Lipinski definition) is 3. The highest BCUT2D eigenvalue weighted by atomic mass is 31.2. The molecule has 3 N–H and O–H groups in total. The third-order valence-corrected chi connectivity index (χ3v) is 19.2. The minimum atomic E-state index is -4.95. The van der Waals surface area contributed by atoms with Gasteiger partial charge >= 0.3 is 39.5 Å². The van der Waals surface area contributed by atoms with E-state index in [1.807, 2.05) is 0 Å². The van der Waals surface area contributed by atoms with Crippen LogP contribution in [0.25, 0.3) is 0 Å². The van der Waals surface area contributed by atoms with Gasteiger partial charge in [0, 0.05) is 25.7 Å². The molecule has 19 heteroatoms. The lowest BCUT2D eigenvalue weighted by molar-refractivity contribution is -0.161. The molecule has 0 aliphatic carbocycles. The van der Waals surface area contributed by atoms with Crippen molar-refractivity contribution in [1.82, 2.24) is 0 Å². The molecule has 91 heavy (non-hydrogen) atoms. The van der Waals surface area contributed by atoms with Crippen molar-refractivity contribution in [1.29, 1.82) is 0 Å². The largest absolute Gasteiger partial charge is 0.472 e. The molecule has 0 aromatic carbocycles. The van der Waals surface area contributed by atoms with Crippen molar-refractivity contribution in [2.24, 2.45) is 23.7 Å². The molecule has 0 spiro atoms. The number of carbonyl (C=O) groups is 4. The first-order valence-electron chi connectivity index (χ1n) is 37.3. The van der Waals surface area contributed by atoms with Crippen LogP contribution in [-0.2, 0) is 65.4 Å². The van der Waals surface area contributed by atoms with E-state index < -0.39 is 97.5 Å². The first-order chi connectivity index (χ1) is 43.7. The molecule has 4 unspecified atom stereocenters. The second-order valence-corrected chi connectivity index (χ2v) is 30.3. The Morgan fingerprint density at radius 2 is 0.527 bits per heavy atom. The van der Waals surface area contributed by atoms with Crippen LogP contribution >= 0.6 is 15.6 Å².